The van der Waals surface area contributed by atoms with Gasteiger partial charge in [-0.25, -0.2) is 0 Å². The number of ether oxygens (including phenoxy) is 1. The Morgan fingerprint density at radius 2 is 2.07 bits per heavy atom. The van der Waals surface area contributed by atoms with Gasteiger partial charge in [0.15, 0.2) is 5.78 Å². The Hall–Kier alpha value is -0.770. The van der Waals surface area contributed by atoms with Gasteiger partial charge < -0.3 is 9.84 Å². The Morgan fingerprint density at radius 3 is 2.64 bits per heavy atom. The second kappa shape index (κ2) is 6.65. The number of methoxy groups -OCH3 is 1. The van der Waals surface area contributed by atoms with E-state index in [9.17, 15) is 9.90 Å². The number of carbonyl (C=O) groups excluding carboxylic acids is 1. The van der Waals surface area contributed by atoms with Crippen molar-refractivity contribution in [1.29, 1.82) is 0 Å². The predicted octanol–water partition coefficient (Wildman–Crippen LogP) is -2.24. The molecule has 0 aromatic heterocycles. The summed E-state index contributed by atoms with van der Waals surface area (Å²) in [5.41, 5.74) is 0.400. The van der Waals surface area contributed by atoms with Gasteiger partial charge in [-0.15, -0.1) is 6.26 Å². The van der Waals surface area contributed by atoms with Crippen molar-refractivity contribution >= 4 is 5.78 Å². The summed E-state index contributed by atoms with van der Waals surface area (Å²) in [7, 11) is 1.48. The smallest absolute Gasteiger partial charge is 0.878 e. The van der Waals surface area contributed by atoms with Gasteiger partial charge in [0.25, 0.3) is 0 Å². The zero-order valence-electron chi connectivity index (χ0n) is 8.19. The summed E-state index contributed by atoms with van der Waals surface area (Å²) in [5, 5.41) is 10.1. The summed E-state index contributed by atoms with van der Waals surface area (Å²) in [4.78, 5) is 11.3. The molecule has 3 nitrogen and oxygen atoms in total. The molecule has 0 atom stereocenters. The number of para-hydroxylation sites is 1. The first-order valence-corrected chi connectivity index (χ1v) is 3.75. The van der Waals surface area contributed by atoms with Crippen LogP contribution < -0.4 is 39.4 Å². The van der Waals surface area contributed by atoms with Crippen LogP contribution in [0.25, 0.3) is 0 Å². The first-order chi connectivity index (χ1) is 6.29. The Bertz CT molecular complexity index is 334. The van der Waals surface area contributed by atoms with Crippen molar-refractivity contribution in [1.82, 2.24) is 0 Å². The minimum atomic E-state index is -0.340. The van der Waals surface area contributed by atoms with Crippen molar-refractivity contribution in [2.75, 3.05) is 7.11 Å². The largest absolute Gasteiger partial charge is 1.00 e. The molecule has 0 aliphatic carbocycles. The molecule has 0 aliphatic heterocycles. The molecule has 1 aromatic carbocycles. The summed E-state index contributed by atoms with van der Waals surface area (Å²) < 4.78 is 4.96. The maximum atomic E-state index is 11.3. The maximum absolute atomic E-state index is 11.3. The average Bonchev–Trinajstić information content (AvgIpc) is 2.18. The second-order valence-electron chi connectivity index (χ2n) is 2.37. The van der Waals surface area contributed by atoms with E-state index >= 15 is 0 Å². The molecule has 0 unspecified atom stereocenters. The molecule has 0 radical (unpaired) electrons. The molecule has 14 heavy (non-hydrogen) atoms. The summed E-state index contributed by atoms with van der Waals surface area (Å²) >= 11 is 0. The first-order valence-electron chi connectivity index (χ1n) is 3.75. The van der Waals surface area contributed by atoms with Crippen LogP contribution in [0.3, 0.4) is 0 Å². The van der Waals surface area contributed by atoms with Gasteiger partial charge in [-0.2, -0.15) is 0 Å². The van der Waals surface area contributed by atoms with Crippen molar-refractivity contribution in [2.45, 2.75) is 0 Å². The third kappa shape index (κ3) is 3.18. The minimum absolute atomic E-state index is 0. The van der Waals surface area contributed by atoms with Gasteiger partial charge in [0.1, 0.15) is 5.75 Å². The molecule has 1 aromatic rings. The number of benzene rings is 1. The fraction of sp³-hybridized carbons (Fsp3) is 0.100. The molecule has 0 saturated carbocycles. The number of allylic oxidation sites excluding steroid dienone is 1. The molecule has 1 rings (SSSR count). The van der Waals surface area contributed by atoms with Crippen molar-refractivity contribution in [3.8, 4) is 5.75 Å². The third-order valence-electron chi connectivity index (χ3n) is 1.59. The Balaban J connectivity index is 0.00000169. The maximum Gasteiger partial charge on any atom is 1.00 e. The van der Waals surface area contributed by atoms with Gasteiger partial charge in [0.2, 0.25) is 0 Å². The molecular formula is C10H9NaO3. The van der Waals surface area contributed by atoms with Gasteiger partial charge in [0.05, 0.1) is 12.7 Å². The van der Waals surface area contributed by atoms with Crippen LogP contribution in [-0.4, -0.2) is 12.9 Å². The van der Waals surface area contributed by atoms with Crippen LogP contribution in [0.4, 0.5) is 0 Å². The van der Waals surface area contributed by atoms with Gasteiger partial charge >= 0.3 is 29.6 Å². The van der Waals surface area contributed by atoms with Crippen molar-refractivity contribution in [3.05, 3.63) is 42.2 Å². The van der Waals surface area contributed by atoms with E-state index in [1.807, 2.05) is 0 Å². The normalized spacial score (nSPS) is 9.50. The molecule has 0 aliphatic rings. The van der Waals surface area contributed by atoms with E-state index in [4.69, 9.17) is 4.74 Å². The zero-order chi connectivity index (χ0) is 9.68. The van der Waals surface area contributed by atoms with Crippen LogP contribution in [0.15, 0.2) is 36.6 Å². The number of hydrogen-bond donors (Lipinski definition) is 0. The number of carbonyl (C=O) groups is 1. The van der Waals surface area contributed by atoms with Crippen LogP contribution >= 0.6 is 0 Å². The molecule has 0 bridgehead atoms. The Morgan fingerprint density at radius 1 is 1.43 bits per heavy atom. The van der Waals surface area contributed by atoms with Gasteiger partial charge in [-0.3, -0.25) is 4.79 Å². The zero-order valence-corrected chi connectivity index (χ0v) is 10.2. The van der Waals surface area contributed by atoms with Crippen LogP contribution in [0.1, 0.15) is 10.4 Å². The van der Waals surface area contributed by atoms with Crippen LogP contribution in [0.2, 0.25) is 0 Å². The molecule has 0 N–H and O–H groups in total. The fourth-order valence-electron chi connectivity index (χ4n) is 1.000. The molecule has 68 valence electrons. The molecule has 0 amide bonds. The average molecular weight is 200 g/mol. The molecular weight excluding hydrogens is 191 g/mol. The quantitative estimate of drug-likeness (QED) is 0.240. The molecule has 0 saturated heterocycles. The monoisotopic (exact) mass is 200 g/mol. The molecule has 4 heteroatoms. The number of rotatable bonds is 3. The van der Waals surface area contributed by atoms with E-state index in [2.05, 4.69) is 0 Å². The Kier molecular flexibility index (Phi) is 6.28. The SMILES string of the molecule is COc1ccccc1C(=O)C=C[O-].[Na+]. The van der Waals surface area contributed by atoms with Crippen molar-refractivity contribution < 1.29 is 44.2 Å². The summed E-state index contributed by atoms with van der Waals surface area (Å²) in [6, 6.07) is 6.76. The topological polar surface area (TPSA) is 49.4 Å². The third-order valence-corrected chi connectivity index (χ3v) is 1.59. The number of ketones is 1. The van der Waals surface area contributed by atoms with Gasteiger partial charge in [-0.1, -0.05) is 12.1 Å². The standard InChI is InChI=1S/C10H10O3.Na/c1-13-10-5-3-2-4-8(10)9(12)6-7-11;/h2-7,11H,1H3;/q;+1/p-1. The fourth-order valence-corrected chi connectivity index (χ4v) is 1.000. The van der Waals surface area contributed by atoms with E-state index in [1.54, 1.807) is 24.3 Å². The molecule has 0 heterocycles. The van der Waals surface area contributed by atoms with Crippen LogP contribution in [0.5, 0.6) is 5.75 Å². The van der Waals surface area contributed by atoms with Crippen LogP contribution in [-0.2, 0) is 0 Å². The molecule has 0 fully saturated rings. The van der Waals surface area contributed by atoms with Crippen molar-refractivity contribution in [2.24, 2.45) is 0 Å². The van der Waals surface area contributed by atoms with E-state index < -0.39 is 0 Å². The first kappa shape index (κ1) is 13.2. The Labute approximate surface area is 105 Å². The van der Waals surface area contributed by atoms with E-state index in [-0.39, 0.29) is 35.3 Å². The van der Waals surface area contributed by atoms with E-state index in [1.165, 1.54) is 7.11 Å². The van der Waals surface area contributed by atoms with Crippen LogP contribution in [0, 0.1) is 0 Å². The summed E-state index contributed by atoms with van der Waals surface area (Å²) in [6.45, 7) is 0. The predicted molar refractivity (Wildman–Crippen MR) is 46.5 cm³/mol. The second-order valence-corrected chi connectivity index (χ2v) is 2.37. The van der Waals surface area contributed by atoms with Gasteiger partial charge in [-0.05, 0) is 18.2 Å². The minimum Gasteiger partial charge on any atom is -0.878 e. The number of hydrogen-bond acceptors (Lipinski definition) is 3. The van der Waals surface area contributed by atoms with E-state index in [0.29, 0.717) is 17.6 Å². The molecule has 0 spiro atoms. The summed E-state index contributed by atoms with van der Waals surface area (Å²) in [5.74, 6) is 0.137. The van der Waals surface area contributed by atoms with E-state index in [0.717, 1.165) is 6.08 Å². The van der Waals surface area contributed by atoms with Crippen molar-refractivity contribution in [3.63, 3.8) is 0 Å². The summed E-state index contributed by atoms with van der Waals surface area (Å²) in [6.07, 6.45) is 1.44. The van der Waals surface area contributed by atoms with Gasteiger partial charge in [0, 0.05) is 0 Å².